The summed E-state index contributed by atoms with van der Waals surface area (Å²) in [6.07, 6.45) is 9.53. The number of halogens is 1. The molecule has 0 radical (unpaired) electrons. The van der Waals surface area contributed by atoms with E-state index in [0.29, 0.717) is 34.7 Å². The second-order valence-corrected chi connectivity index (χ2v) is 13.1. The Balaban J connectivity index is 1.10. The standard InChI is InChI=1S/C30H39ClN10O/c1-19(2)13-39-16-30(17-39)9-24(10-30)41-15-26(28(36-41)20(3)4)35-29-32-11-23(12-33-29)22-6-7-25(31)27(8-22)42-21(5)14-40-18-34-37-38-40/h6-8,11-12,15,18-21,24H,9-10,13-14,16-17H2,1-5H3,(H,32,33,35)/t21-/m0/s1. The van der Waals surface area contributed by atoms with E-state index in [2.05, 4.69) is 74.3 Å². The van der Waals surface area contributed by atoms with E-state index in [1.54, 1.807) is 11.0 Å². The summed E-state index contributed by atoms with van der Waals surface area (Å²) in [6, 6.07) is 6.12. The number of nitrogens with zero attached hydrogens (tertiary/aromatic N) is 9. The molecule has 1 N–H and O–H groups in total. The number of rotatable bonds is 11. The van der Waals surface area contributed by atoms with Gasteiger partial charge in [-0.05, 0) is 65.1 Å². The number of tetrazole rings is 1. The highest BCUT2D eigenvalue weighted by Gasteiger charge is 2.53. The molecule has 6 rings (SSSR count). The summed E-state index contributed by atoms with van der Waals surface area (Å²) < 4.78 is 9.87. The van der Waals surface area contributed by atoms with Crippen LogP contribution in [0.2, 0.25) is 5.02 Å². The van der Waals surface area contributed by atoms with Crippen molar-refractivity contribution in [3.8, 4) is 16.9 Å². The highest BCUT2D eigenvalue weighted by molar-refractivity contribution is 6.32. The van der Waals surface area contributed by atoms with Gasteiger partial charge in [-0.3, -0.25) is 4.68 Å². The molecule has 12 heteroatoms. The first kappa shape index (κ1) is 28.5. The van der Waals surface area contributed by atoms with Crippen molar-refractivity contribution in [3.05, 3.63) is 53.8 Å². The number of aromatic nitrogens is 8. The number of hydrogen-bond donors (Lipinski definition) is 1. The number of anilines is 2. The van der Waals surface area contributed by atoms with Crippen molar-refractivity contribution in [2.24, 2.45) is 11.3 Å². The normalized spacial score (nSPS) is 17.4. The molecule has 222 valence electrons. The predicted molar refractivity (Wildman–Crippen MR) is 162 cm³/mol. The largest absolute Gasteiger partial charge is 0.487 e. The Hall–Kier alpha value is -3.57. The van der Waals surface area contributed by atoms with Crippen LogP contribution in [0.3, 0.4) is 0 Å². The zero-order valence-corrected chi connectivity index (χ0v) is 25.7. The van der Waals surface area contributed by atoms with Crippen LogP contribution in [0, 0.1) is 11.3 Å². The van der Waals surface area contributed by atoms with E-state index in [1.165, 1.54) is 32.5 Å². The number of benzene rings is 1. The maximum atomic E-state index is 6.43. The van der Waals surface area contributed by atoms with Gasteiger partial charge in [0, 0.05) is 43.8 Å². The Bertz CT molecular complexity index is 1490. The lowest BCUT2D eigenvalue weighted by Crippen LogP contribution is -2.62. The van der Waals surface area contributed by atoms with Gasteiger partial charge in [-0.2, -0.15) is 5.10 Å². The first-order valence-corrected chi connectivity index (χ1v) is 15.1. The summed E-state index contributed by atoms with van der Waals surface area (Å²) in [7, 11) is 0. The number of likely N-dealkylation sites (tertiary alicyclic amines) is 1. The Kier molecular flexibility index (Phi) is 7.89. The van der Waals surface area contributed by atoms with Gasteiger partial charge in [-0.1, -0.05) is 45.4 Å². The fraction of sp³-hybridized carbons (Fsp3) is 0.533. The lowest BCUT2D eigenvalue weighted by molar-refractivity contribution is -0.0950. The van der Waals surface area contributed by atoms with Crippen molar-refractivity contribution < 1.29 is 4.74 Å². The second kappa shape index (κ2) is 11.6. The van der Waals surface area contributed by atoms with Gasteiger partial charge in [0.25, 0.3) is 0 Å². The van der Waals surface area contributed by atoms with Crippen molar-refractivity contribution in [1.82, 2.24) is 44.9 Å². The van der Waals surface area contributed by atoms with Crippen molar-refractivity contribution in [2.75, 3.05) is 25.0 Å². The maximum Gasteiger partial charge on any atom is 0.227 e. The van der Waals surface area contributed by atoms with E-state index >= 15 is 0 Å². The summed E-state index contributed by atoms with van der Waals surface area (Å²) >= 11 is 6.43. The molecule has 4 heterocycles. The van der Waals surface area contributed by atoms with Crippen LogP contribution in [0.5, 0.6) is 5.75 Å². The van der Waals surface area contributed by atoms with Gasteiger partial charge in [0.1, 0.15) is 18.2 Å². The van der Waals surface area contributed by atoms with Crippen LogP contribution in [0.1, 0.15) is 65.1 Å². The molecule has 42 heavy (non-hydrogen) atoms. The molecular weight excluding hydrogens is 552 g/mol. The SMILES string of the molecule is CC(C)CN1CC2(CC(n3cc(Nc4ncc(-c5ccc(Cl)c(O[C@@H](C)Cn6cnnn6)c5)cn4)c(C(C)C)n3)C2)C1. The van der Waals surface area contributed by atoms with E-state index in [9.17, 15) is 0 Å². The molecule has 1 spiro atoms. The minimum Gasteiger partial charge on any atom is -0.487 e. The zero-order valence-electron chi connectivity index (χ0n) is 24.9. The first-order chi connectivity index (χ1) is 20.2. The lowest BCUT2D eigenvalue weighted by atomic mass is 9.60. The molecule has 1 aliphatic heterocycles. The van der Waals surface area contributed by atoms with Gasteiger partial charge in [-0.15, -0.1) is 5.10 Å². The van der Waals surface area contributed by atoms with Crippen LogP contribution in [0.15, 0.2) is 43.1 Å². The van der Waals surface area contributed by atoms with Crippen LogP contribution in [-0.4, -0.2) is 70.6 Å². The maximum absolute atomic E-state index is 6.43. The van der Waals surface area contributed by atoms with Crippen LogP contribution >= 0.6 is 11.6 Å². The topological polar surface area (TPSA) is 112 Å². The molecule has 4 aromatic rings. The number of hydrogen-bond acceptors (Lipinski definition) is 9. The Morgan fingerprint density at radius 2 is 1.81 bits per heavy atom. The smallest absolute Gasteiger partial charge is 0.227 e. The summed E-state index contributed by atoms with van der Waals surface area (Å²) in [5.74, 6) is 2.12. The minimum atomic E-state index is -0.182. The molecule has 11 nitrogen and oxygen atoms in total. The molecule has 2 aliphatic rings. The number of nitrogens with one attached hydrogen (secondary N) is 1. The average molecular weight is 591 g/mol. The first-order valence-electron chi connectivity index (χ1n) is 14.7. The quantitative estimate of drug-likeness (QED) is 0.238. The third kappa shape index (κ3) is 6.12. The average Bonchev–Trinajstić information content (AvgIpc) is 3.56. The van der Waals surface area contributed by atoms with Gasteiger partial charge >= 0.3 is 0 Å². The van der Waals surface area contributed by atoms with Crippen LogP contribution in [-0.2, 0) is 6.54 Å². The van der Waals surface area contributed by atoms with E-state index < -0.39 is 0 Å². The molecule has 1 saturated heterocycles. The molecule has 1 aliphatic carbocycles. The molecule has 2 fully saturated rings. The van der Waals surface area contributed by atoms with Gasteiger partial charge in [-0.25, -0.2) is 14.6 Å². The fourth-order valence-corrected chi connectivity index (χ4v) is 6.43. The van der Waals surface area contributed by atoms with Crippen LogP contribution < -0.4 is 10.1 Å². The van der Waals surface area contributed by atoms with Gasteiger partial charge < -0.3 is 15.0 Å². The van der Waals surface area contributed by atoms with Crippen molar-refractivity contribution >= 4 is 23.2 Å². The molecule has 0 unspecified atom stereocenters. The fourth-order valence-electron chi connectivity index (χ4n) is 6.27. The summed E-state index contributed by atoms with van der Waals surface area (Å²) in [6.45, 7) is 15.0. The summed E-state index contributed by atoms with van der Waals surface area (Å²) in [4.78, 5) is 11.8. The van der Waals surface area contributed by atoms with E-state index in [-0.39, 0.29) is 12.0 Å². The summed E-state index contributed by atoms with van der Waals surface area (Å²) in [5, 5.41) is 20.2. The van der Waals surface area contributed by atoms with Crippen LogP contribution in [0.4, 0.5) is 11.6 Å². The second-order valence-electron chi connectivity index (χ2n) is 12.7. The highest BCUT2D eigenvalue weighted by Crippen LogP contribution is 2.54. The monoisotopic (exact) mass is 590 g/mol. The molecule has 1 aromatic carbocycles. The zero-order chi connectivity index (χ0) is 29.4. The van der Waals surface area contributed by atoms with Crippen molar-refractivity contribution in [1.29, 1.82) is 0 Å². The van der Waals surface area contributed by atoms with E-state index in [0.717, 1.165) is 28.4 Å². The van der Waals surface area contributed by atoms with E-state index in [4.69, 9.17) is 21.4 Å². The molecule has 0 amide bonds. The van der Waals surface area contributed by atoms with Gasteiger partial charge in [0.2, 0.25) is 5.95 Å². The molecule has 1 saturated carbocycles. The van der Waals surface area contributed by atoms with Gasteiger partial charge in [0.05, 0.1) is 29.0 Å². The minimum absolute atomic E-state index is 0.182. The Labute approximate surface area is 251 Å². The third-order valence-corrected chi connectivity index (χ3v) is 8.40. The molecule has 1 atom stereocenters. The third-order valence-electron chi connectivity index (χ3n) is 8.09. The Morgan fingerprint density at radius 1 is 1.05 bits per heavy atom. The predicted octanol–water partition coefficient (Wildman–Crippen LogP) is 5.61. The van der Waals surface area contributed by atoms with E-state index in [1.807, 2.05) is 37.5 Å². The van der Waals surface area contributed by atoms with Crippen LogP contribution in [0.25, 0.3) is 11.1 Å². The molecule has 0 bridgehead atoms. The van der Waals surface area contributed by atoms with Crippen molar-refractivity contribution in [3.63, 3.8) is 0 Å². The lowest BCUT2D eigenvalue weighted by Gasteiger charge is -2.59. The number of ether oxygens (including phenoxy) is 1. The van der Waals surface area contributed by atoms with Gasteiger partial charge in [0.15, 0.2) is 0 Å². The summed E-state index contributed by atoms with van der Waals surface area (Å²) in [5.41, 5.74) is 4.27. The highest BCUT2D eigenvalue weighted by atomic mass is 35.5. The Morgan fingerprint density at radius 3 is 2.48 bits per heavy atom. The van der Waals surface area contributed by atoms with Crippen molar-refractivity contribution in [2.45, 2.75) is 72.1 Å². The molecule has 3 aromatic heterocycles. The molecular formula is C30H39ClN10O.